The lowest BCUT2D eigenvalue weighted by atomic mass is 10.1. The number of rotatable bonds is 4. The van der Waals surface area contributed by atoms with Gasteiger partial charge in [-0.25, -0.2) is 18.7 Å². The van der Waals surface area contributed by atoms with Crippen molar-refractivity contribution in [3.8, 4) is 11.4 Å². The number of carbonyl (C=O) groups is 1. The highest BCUT2D eigenvalue weighted by Crippen LogP contribution is 2.23. The van der Waals surface area contributed by atoms with Crippen molar-refractivity contribution in [2.45, 2.75) is 26.3 Å². The van der Waals surface area contributed by atoms with Crippen molar-refractivity contribution in [1.29, 1.82) is 0 Å². The molecule has 1 aromatic heterocycles. The molecule has 1 amide bonds. The third kappa shape index (κ3) is 4.88. The Morgan fingerprint density at radius 2 is 1.68 bits per heavy atom. The number of nitrogens with one attached hydrogen (secondary N) is 2. The van der Waals surface area contributed by atoms with Crippen molar-refractivity contribution in [3.05, 3.63) is 71.9 Å². The second-order valence-corrected chi connectivity index (χ2v) is 7.28. The molecule has 2 N–H and O–H groups in total. The van der Waals surface area contributed by atoms with Crippen LogP contribution in [0.4, 0.5) is 20.3 Å². The third-order valence-electron chi connectivity index (χ3n) is 3.67. The van der Waals surface area contributed by atoms with Crippen LogP contribution in [0.5, 0.6) is 0 Å². The van der Waals surface area contributed by atoms with Crippen molar-refractivity contribution in [3.63, 3.8) is 0 Å². The standard InChI is InChI=1S/C21H20F2N4O/c1-21(2,3)27-20(28)17-12-18(24-16-10-9-14(22)11-15(16)23)26-19(25-17)13-7-5-4-6-8-13/h4-12H,1-3H3,(H,27,28)(H,24,25,26). The van der Waals surface area contributed by atoms with Gasteiger partial charge in [0.1, 0.15) is 23.1 Å². The molecule has 2 aromatic carbocycles. The van der Waals surface area contributed by atoms with Crippen LogP contribution in [0.15, 0.2) is 54.6 Å². The van der Waals surface area contributed by atoms with Crippen LogP contribution in [0.2, 0.25) is 0 Å². The molecule has 0 aliphatic carbocycles. The van der Waals surface area contributed by atoms with E-state index in [1.165, 1.54) is 12.1 Å². The van der Waals surface area contributed by atoms with E-state index < -0.39 is 17.2 Å². The van der Waals surface area contributed by atoms with Gasteiger partial charge in [0.05, 0.1) is 5.69 Å². The summed E-state index contributed by atoms with van der Waals surface area (Å²) in [6.07, 6.45) is 0. The maximum Gasteiger partial charge on any atom is 0.270 e. The minimum Gasteiger partial charge on any atom is -0.346 e. The molecule has 0 atom stereocenters. The van der Waals surface area contributed by atoms with E-state index in [1.807, 2.05) is 51.1 Å². The van der Waals surface area contributed by atoms with Gasteiger partial charge >= 0.3 is 0 Å². The van der Waals surface area contributed by atoms with Crippen LogP contribution in [-0.2, 0) is 0 Å². The predicted octanol–water partition coefficient (Wildman–Crippen LogP) is 4.69. The van der Waals surface area contributed by atoms with E-state index in [0.29, 0.717) is 11.4 Å². The smallest absolute Gasteiger partial charge is 0.270 e. The molecule has 28 heavy (non-hydrogen) atoms. The van der Waals surface area contributed by atoms with Crippen molar-refractivity contribution in [2.24, 2.45) is 0 Å². The van der Waals surface area contributed by atoms with E-state index in [-0.39, 0.29) is 23.1 Å². The summed E-state index contributed by atoms with van der Waals surface area (Å²) >= 11 is 0. The zero-order chi connectivity index (χ0) is 20.3. The largest absolute Gasteiger partial charge is 0.346 e. The van der Waals surface area contributed by atoms with E-state index in [1.54, 1.807) is 0 Å². The molecule has 0 bridgehead atoms. The van der Waals surface area contributed by atoms with Crippen molar-refractivity contribution < 1.29 is 13.6 Å². The molecule has 0 saturated carbocycles. The lowest BCUT2D eigenvalue weighted by Gasteiger charge is -2.20. The van der Waals surface area contributed by atoms with Gasteiger partial charge in [-0.2, -0.15) is 0 Å². The van der Waals surface area contributed by atoms with Gasteiger partial charge in [0.15, 0.2) is 5.82 Å². The number of aromatic nitrogens is 2. The number of amides is 1. The second-order valence-electron chi connectivity index (χ2n) is 7.28. The number of nitrogens with zero attached hydrogens (tertiary/aromatic N) is 2. The maximum absolute atomic E-state index is 14.0. The normalized spacial score (nSPS) is 11.2. The molecule has 0 spiro atoms. The highest BCUT2D eigenvalue weighted by molar-refractivity contribution is 5.94. The fourth-order valence-electron chi connectivity index (χ4n) is 2.48. The first-order chi connectivity index (χ1) is 13.2. The molecule has 0 saturated heterocycles. The van der Waals surface area contributed by atoms with E-state index in [2.05, 4.69) is 20.6 Å². The molecule has 3 rings (SSSR count). The number of benzene rings is 2. The highest BCUT2D eigenvalue weighted by atomic mass is 19.1. The minimum atomic E-state index is -0.763. The number of hydrogen-bond acceptors (Lipinski definition) is 4. The second kappa shape index (κ2) is 7.72. The Morgan fingerprint density at radius 1 is 0.964 bits per heavy atom. The van der Waals surface area contributed by atoms with Gasteiger partial charge < -0.3 is 10.6 Å². The van der Waals surface area contributed by atoms with Gasteiger partial charge in [0.25, 0.3) is 5.91 Å². The Labute approximate surface area is 161 Å². The third-order valence-corrected chi connectivity index (χ3v) is 3.67. The summed E-state index contributed by atoms with van der Waals surface area (Å²) in [4.78, 5) is 21.3. The first-order valence-electron chi connectivity index (χ1n) is 8.70. The first-order valence-corrected chi connectivity index (χ1v) is 8.70. The Balaban J connectivity index is 2.03. The van der Waals surface area contributed by atoms with E-state index in [9.17, 15) is 13.6 Å². The van der Waals surface area contributed by atoms with Gasteiger partial charge in [0.2, 0.25) is 0 Å². The summed E-state index contributed by atoms with van der Waals surface area (Å²) < 4.78 is 27.2. The molecule has 144 valence electrons. The fourth-order valence-corrected chi connectivity index (χ4v) is 2.48. The van der Waals surface area contributed by atoms with Crippen LogP contribution in [-0.4, -0.2) is 21.4 Å². The van der Waals surface area contributed by atoms with Crippen LogP contribution >= 0.6 is 0 Å². The monoisotopic (exact) mass is 382 g/mol. The summed E-state index contributed by atoms with van der Waals surface area (Å²) in [5.74, 6) is -1.29. The predicted molar refractivity (Wildman–Crippen MR) is 104 cm³/mol. The average molecular weight is 382 g/mol. The van der Waals surface area contributed by atoms with Crippen molar-refractivity contribution >= 4 is 17.4 Å². The Bertz CT molecular complexity index is 1000. The summed E-state index contributed by atoms with van der Waals surface area (Å²) in [6.45, 7) is 5.58. The topological polar surface area (TPSA) is 66.9 Å². The van der Waals surface area contributed by atoms with Gasteiger partial charge in [-0.1, -0.05) is 30.3 Å². The first kappa shape index (κ1) is 19.4. The van der Waals surface area contributed by atoms with Gasteiger partial charge in [-0.05, 0) is 32.9 Å². The number of carbonyl (C=O) groups excluding carboxylic acids is 1. The molecule has 1 heterocycles. The molecule has 0 radical (unpaired) electrons. The highest BCUT2D eigenvalue weighted by Gasteiger charge is 2.19. The number of hydrogen-bond donors (Lipinski definition) is 2. The summed E-state index contributed by atoms with van der Waals surface area (Å²) in [7, 11) is 0. The molecule has 0 fully saturated rings. The summed E-state index contributed by atoms with van der Waals surface area (Å²) in [5.41, 5.74) is 0.427. The molecule has 0 aliphatic rings. The van der Waals surface area contributed by atoms with Crippen LogP contribution in [0.1, 0.15) is 31.3 Å². The molecule has 0 aliphatic heterocycles. The summed E-state index contributed by atoms with van der Waals surface area (Å²) in [6, 6.07) is 13.7. The van der Waals surface area contributed by atoms with Crippen LogP contribution in [0.3, 0.4) is 0 Å². The number of anilines is 2. The zero-order valence-electron chi connectivity index (χ0n) is 15.8. The van der Waals surface area contributed by atoms with Crippen LogP contribution < -0.4 is 10.6 Å². The summed E-state index contributed by atoms with van der Waals surface area (Å²) in [5, 5.41) is 5.64. The van der Waals surface area contributed by atoms with Crippen molar-refractivity contribution in [1.82, 2.24) is 15.3 Å². The lowest BCUT2D eigenvalue weighted by molar-refractivity contribution is 0.0914. The molecule has 3 aromatic rings. The Kier molecular flexibility index (Phi) is 5.35. The van der Waals surface area contributed by atoms with Crippen LogP contribution in [0.25, 0.3) is 11.4 Å². The molecule has 5 nitrogen and oxygen atoms in total. The SMILES string of the molecule is CC(C)(C)NC(=O)c1cc(Nc2ccc(F)cc2F)nc(-c2ccccc2)n1. The average Bonchev–Trinajstić information content (AvgIpc) is 2.63. The van der Waals surface area contributed by atoms with Gasteiger partial charge in [-0.15, -0.1) is 0 Å². The van der Waals surface area contributed by atoms with E-state index >= 15 is 0 Å². The van der Waals surface area contributed by atoms with E-state index in [0.717, 1.165) is 12.1 Å². The molecule has 7 heteroatoms. The van der Waals surface area contributed by atoms with Crippen LogP contribution in [0, 0.1) is 11.6 Å². The fraction of sp³-hybridized carbons (Fsp3) is 0.190. The number of halogens is 2. The van der Waals surface area contributed by atoms with Crippen molar-refractivity contribution in [2.75, 3.05) is 5.32 Å². The molecule has 0 unspecified atom stereocenters. The molecular formula is C21H20F2N4O. The maximum atomic E-state index is 14.0. The zero-order valence-corrected chi connectivity index (χ0v) is 15.8. The Morgan fingerprint density at radius 3 is 2.32 bits per heavy atom. The lowest BCUT2D eigenvalue weighted by Crippen LogP contribution is -2.41. The van der Waals surface area contributed by atoms with E-state index in [4.69, 9.17) is 0 Å². The van der Waals surface area contributed by atoms with Gasteiger partial charge in [-0.3, -0.25) is 4.79 Å². The minimum absolute atomic E-state index is 0.0429. The quantitative estimate of drug-likeness (QED) is 0.687. The molecular weight excluding hydrogens is 362 g/mol. The van der Waals surface area contributed by atoms with Gasteiger partial charge in [0, 0.05) is 23.2 Å². The Hall–Kier alpha value is -3.35.